The highest BCUT2D eigenvalue weighted by atomic mass is 15.1. The van der Waals surface area contributed by atoms with Gasteiger partial charge in [0.25, 0.3) is 0 Å². The summed E-state index contributed by atoms with van der Waals surface area (Å²) >= 11 is 0. The van der Waals surface area contributed by atoms with Gasteiger partial charge in [0.1, 0.15) is 0 Å². The van der Waals surface area contributed by atoms with Crippen LogP contribution in [0.5, 0.6) is 0 Å². The number of nitrogens with one attached hydrogen (secondary N) is 1. The van der Waals surface area contributed by atoms with Crippen LogP contribution in [0.15, 0.2) is 24.4 Å². The Morgan fingerprint density at radius 2 is 2.10 bits per heavy atom. The highest BCUT2D eigenvalue weighted by Gasteiger charge is 2.05. The molecule has 1 aromatic heterocycles. The Kier molecular flexibility index (Phi) is 9.25. The topological polar surface area (TPSA) is 28.2 Å². The Labute approximate surface area is 124 Å². The van der Waals surface area contributed by atoms with Crippen molar-refractivity contribution >= 4 is 0 Å². The predicted octanol–water partition coefficient (Wildman–Crippen LogP) is 3.46. The average Bonchev–Trinajstić information content (AvgIpc) is 2.49. The molecule has 1 unspecified atom stereocenters. The maximum absolute atomic E-state index is 4.41. The van der Waals surface area contributed by atoms with E-state index >= 15 is 0 Å². The standard InChI is InChI=1S/C17H31N3/c1-4-12-18-16(3)10-7-9-14-20(5-2)15-17-11-6-8-13-19-17/h6,8,11,13,16,18H,4-5,7,9-10,12,14-15H2,1-3H3. The zero-order valence-electron chi connectivity index (χ0n) is 13.4. The summed E-state index contributed by atoms with van der Waals surface area (Å²) in [5, 5.41) is 3.55. The lowest BCUT2D eigenvalue weighted by Crippen LogP contribution is -2.27. The summed E-state index contributed by atoms with van der Waals surface area (Å²) in [7, 11) is 0. The van der Waals surface area contributed by atoms with E-state index in [-0.39, 0.29) is 0 Å². The molecule has 0 amide bonds. The molecule has 0 aliphatic heterocycles. The van der Waals surface area contributed by atoms with Crippen LogP contribution in [-0.2, 0) is 6.54 Å². The molecule has 0 radical (unpaired) electrons. The van der Waals surface area contributed by atoms with Crippen molar-refractivity contribution in [3.63, 3.8) is 0 Å². The van der Waals surface area contributed by atoms with Gasteiger partial charge in [-0.2, -0.15) is 0 Å². The summed E-state index contributed by atoms with van der Waals surface area (Å²) in [5.41, 5.74) is 1.17. The normalized spacial score (nSPS) is 12.8. The van der Waals surface area contributed by atoms with Gasteiger partial charge in [0.05, 0.1) is 5.69 Å². The van der Waals surface area contributed by atoms with E-state index in [0.717, 1.165) is 19.6 Å². The third-order valence-electron chi connectivity index (χ3n) is 3.66. The lowest BCUT2D eigenvalue weighted by molar-refractivity contribution is 0.268. The van der Waals surface area contributed by atoms with Gasteiger partial charge in [0.15, 0.2) is 0 Å². The molecule has 0 saturated carbocycles. The SMILES string of the molecule is CCCNC(C)CCCCN(CC)Cc1ccccn1. The second-order valence-corrected chi connectivity index (χ2v) is 5.54. The van der Waals surface area contributed by atoms with E-state index < -0.39 is 0 Å². The molecule has 0 aromatic carbocycles. The predicted molar refractivity (Wildman–Crippen MR) is 86.8 cm³/mol. The fourth-order valence-corrected chi connectivity index (χ4v) is 2.35. The molecule has 0 aliphatic rings. The highest BCUT2D eigenvalue weighted by Crippen LogP contribution is 2.06. The van der Waals surface area contributed by atoms with Crippen LogP contribution in [-0.4, -0.2) is 35.6 Å². The molecule has 1 N–H and O–H groups in total. The maximum atomic E-state index is 4.41. The van der Waals surface area contributed by atoms with Gasteiger partial charge < -0.3 is 5.32 Å². The number of unbranched alkanes of at least 4 members (excludes halogenated alkanes) is 1. The molecule has 1 heterocycles. The molecule has 0 bridgehead atoms. The van der Waals surface area contributed by atoms with Crippen LogP contribution in [0, 0.1) is 0 Å². The van der Waals surface area contributed by atoms with E-state index in [1.54, 1.807) is 0 Å². The molecule has 1 atom stereocenters. The van der Waals surface area contributed by atoms with Gasteiger partial charge >= 0.3 is 0 Å². The van der Waals surface area contributed by atoms with Crippen molar-refractivity contribution in [1.82, 2.24) is 15.2 Å². The summed E-state index contributed by atoms with van der Waals surface area (Å²) in [5.74, 6) is 0. The Morgan fingerprint density at radius 1 is 1.25 bits per heavy atom. The van der Waals surface area contributed by atoms with Crippen LogP contribution < -0.4 is 5.32 Å². The van der Waals surface area contributed by atoms with E-state index in [1.807, 2.05) is 12.3 Å². The number of rotatable bonds is 11. The lowest BCUT2D eigenvalue weighted by Gasteiger charge is -2.20. The molecule has 1 aromatic rings. The number of hydrogen-bond donors (Lipinski definition) is 1. The zero-order valence-corrected chi connectivity index (χ0v) is 13.4. The molecular formula is C17H31N3. The quantitative estimate of drug-likeness (QED) is 0.628. The second kappa shape index (κ2) is 10.8. The van der Waals surface area contributed by atoms with Gasteiger partial charge in [0.2, 0.25) is 0 Å². The van der Waals surface area contributed by atoms with Crippen molar-refractivity contribution in [1.29, 1.82) is 0 Å². The van der Waals surface area contributed by atoms with Crippen LogP contribution in [0.2, 0.25) is 0 Å². The van der Waals surface area contributed by atoms with Gasteiger partial charge in [0, 0.05) is 18.8 Å². The van der Waals surface area contributed by atoms with E-state index in [0.29, 0.717) is 6.04 Å². The van der Waals surface area contributed by atoms with Crippen molar-refractivity contribution < 1.29 is 0 Å². The third kappa shape index (κ3) is 7.61. The van der Waals surface area contributed by atoms with Crippen LogP contribution in [0.1, 0.15) is 52.1 Å². The minimum absolute atomic E-state index is 0.654. The lowest BCUT2D eigenvalue weighted by atomic mass is 10.1. The Bertz CT molecular complexity index is 326. The number of hydrogen-bond acceptors (Lipinski definition) is 3. The van der Waals surface area contributed by atoms with E-state index in [1.165, 1.54) is 37.9 Å². The molecule has 0 saturated heterocycles. The number of aromatic nitrogens is 1. The monoisotopic (exact) mass is 277 g/mol. The molecule has 3 heteroatoms. The maximum Gasteiger partial charge on any atom is 0.0543 e. The fraction of sp³-hybridized carbons (Fsp3) is 0.706. The van der Waals surface area contributed by atoms with Crippen LogP contribution in [0.25, 0.3) is 0 Å². The summed E-state index contributed by atoms with van der Waals surface area (Å²) in [6.07, 6.45) is 6.96. The number of pyridine rings is 1. The van der Waals surface area contributed by atoms with Crippen LogP contribution in [0.4, 0.5) is 0 Å². The molecule has 0 fully saturated rings. The summed E-state index contributed by atoms with van der Waals surface area (Å²) < 4.78 is 0. The van der Waals surface area contributed by atoms with Crippen LogP contribution >= 0.6 is 0 Å². The fourth-order valence-electron chi connectivity index (χ4n) is 2.35. The van der Waals surface area contributed by atoms with Gasteiger partial charge in [-0.3, -0.25) is 9.88 Å². The van der Waals surface area contributed by atoms with Gasteiger partial charge in [-0.05, 0) is 58.0 Å². The minimum atomic E-state index is 0.654. The van der Waals surface area contributed by atoms with Gasteiger partial charge in [-0.1, -0.05) is 26.3 Å². The molecule has 0 aliphatic carbocycles. The first kappa shape index (κ1) is 17.1. The van der Waals surface area contributed by atoms with Crippen molar-refractivity contribution in [2.75, 3.05) is 19.6 Å². The smallest absolute Gasteiger partial charge is 0.0543 e. The molecular weight excluding hydrogens is 246 g/mol. The molecule has 114 valence electrons. The summed E-state index contributed by atoms with van der Waals surface area (Å²) in [6.45, 7) is 11.1. The summed E-state index contributed by atoms with van der Waals surface area (Å²) in [4.78, 5) is 6.88. The van der Waals surface area contributed by atoms with Crippen LogP contribution in [0.3, 0.4) is 0 Å². The van der Waals surface area contributed by atoms with E-state index in [9.17, 15) is 0 Å². The molecule has 0 spiro atoms. The van der Waals surface area contributed by atoms with Crippen molar-refractivity contribution in [2.24, 2.45) is 0 Å². The first-order valence-electron chi connectivity index (χ1n) is 8.11. The largest absolute Gasteiger partial charge is 0.314 e. The zero-order chi connectivity index (χ0) is 14.6. The first-order chi connectivity index (χ1) is 9.76. The van der Waals surface area contributed by atoms with Crippen molar-refractivity contribution in [2.45, 2.75) is 59.0 Å². The third-order valence-corrected chi connectivity index (χ3v) is 3.66. The highest BCUT2D eigenvalue weighted by molar-refractivity contribution is 5.03. The Hall–Kier alpha value is -0.930. The second-order valence-electron chi connectivity index (χ2n) is 5.54. The van der Waals surface area contributed by atoms with E-state index in [4.69, 9.17) is 0 Å². The number of nitrogens with zero attached hydrogens (tertiary/aromatic N) is 2. The first-order valence-corrected chi connectivity index (χ1v) is 8.11. The summed E-state index contributed by atoms with van der Waals surface area (Å²) in [6, 6.07) is 6.81. The average molecular weight is 277 g/mol. The van der Waals surface area contributed by atoms with Crippen molar-refractivity contribution in [3.8, 4) is 0 Å². The van der Waals surface area contributed by atoms with Gasteiger partial charge in [-0.25, -0.2) is 0 Å². The molecule has 3 nitrogen and oxygen atoms in total. The molecule has 1 rings (SSSR count). The Morgan fingerprint density at radius 3 is 2.75 bits per heavy atom. The van der Waals surface area contributed by atoms with Crippen molar-refractivity contribution in [3.05, 3.63) is 30.1 Å². The van der Waals surface area contributed by atoms with E-state index in [2.05, 4.69) is 48.1 Å². The minimum Gasteiger partial charge on any atom is -0.314 e. The van der Waals surface area contributed by atoms with Gasteiger partial charge in [-0.15, -0.1) is 0 Å². The Balaban J connectivity index is 2.15. The molecule has 20 heavy (non-hydrogen) atoms.